The van der Waals surface area contributed by atoms with Gasteiger partial charge in [-0.25, -0.2) is 0 Å². The second-order valence-electron chi connectivity index (χ2n) is 6.57. The van der Waals surface area contributed by atoms with Crippen molar-refractivity contribution in [3.8, 4) is 0 Å². The Morgan fingerprint density at radius 2 is 0.941 bits per heavy atom. The smallest absolute Gasteiger partial charge is 0.0431 e. The van der Waals surface area contributed by atoms with Crippen molar-refractivity contribution in [2.45, 2.75) is 91.4 Å². The third kappa shape index (κ3) is 16.0. The molecule has 0 aliphatic carbocycles. The number of hydrogen-bond donors (Lipinski definition) is 1. The van der Waals surface area contributed by atoms with Crippen molar-refractivity contribution in [2.24, 2.45) is 5.41 Å². The van der Waals surface area contributed by atoms with Crippen LogP contribution >= 0.6 is 0 Å². The van der Waals surface area contributed by atoms with Gasteiger partial charge in [-0.3, -0.25) is 0 Å². The summed E-state index contributed by atoms with van der Waals surface area (Å²) in [5.41, 5.74) is 0.521. The van der Waals surface area contributed by atoms with Gasteiger partial charge in [-0.15, -0.1) is 0 Å². The molecule has 0 amide bonds. The van der Waals surface area contributed by atoms with Gasteiger partial charge in [0.2, 0.25) is 0 Å². The average molecular weight is 242 g/mol. The van der Waals surface area contributed by atoms with Crippen LogP contribution in [0.5, 0.6) is 0 Å². The first-order valence-corrected chi connectivity index (χ1v) is 7.67. The number of hydrogen-bond acceptors (Lipinski definition) is 1. The van der Waals surface area contributed by atoms with Gasteiger partial charge in [-0.1, -0.05) is 78.6 Å². The number of rotatable bonds is 11. The zero-order valence-electron chi connectivity index (χ0n) is 12.4. The molecule has 0 rings (SSSR count). The van der Waals surface area contributed by atoms with E-state index in [1.165, 1.54) is 64.2 Å². The van der Waals surface area contributed by atoms with E-state index in [9.17, 15) is 0 Å². The van der Waals surface area contributed by atoms with E-state index in [2.05, 4.69) is 20.8 Å². The van der Waals surface area contributed by atoms with E-state index >= 15 is 0 Å². The second-order valence-corrected chi connectivity index (χ2v) is 6.57. The van der Waals surface area contributed by atoms with Crippen molar-refractivity contribution in [3.05, 3.63) is 0 Å². The van der Waals surface area contributed by atoms with Gasteiger partial charge in [-0.2, -0.15) is 0 Å². The third-order valence-electron chi connectivity index (χ3n) is 3.33. The molecule has 0 atom stereocenters. The minimum absolute atomic E-state index is 0.369. The van der Waals surface area contributed by atoms with Crippen LogP contribution in [0.2, 0.25) is 0 Å². The summed E-state index contributed by atoms with van der Waals surface area (Å²) < 4.78 is 0. The lowest BCUT2D eigenvalue weighted by molar-refractivity contribution is 0.282. The minimum Gasteiger partial charge on any atom is -0.396 e. The van der Waals surface area contributed by atoms with Crippen LogP contribution in [0.1, 0.15) is 91.4 Å². The maximum atomic E-state index is 8.65. The molecule has 0 unspecified atom stereocenters. The molecule has 1 heteroatoms. The molecule has 1 N–H and O–H groups in total. The van der Waals surface area contributed by atoms with E-state index in [-0.39, 0.29) is 0 Å². The monoisotopic (exact) mass is 242 g/mol. The van der Waals surface area contributed by atoms with Gasteiger partial charge in [0.1, 0.15) is 0 Å². The molecule has 0 radical (unpaired) electrons. The zero-order valence-corrected chi connectivity index (χ0v) is 12.4. The van der Waals surface area contributed by atoms with Gasteiger partial charge in [0.15, 0.2) is 0 Å². The first kappa shape index (κ1) is 17.0. The van der Waals surface area contributed by atoms with E-state index in [0.29, 0.717) is 12.0 Å². The SMILES string of the molecule is CC(C)(C)CCCCCCCCCCCCO. The predicted octanol–water partition coefficient (Wildman–Crippen LogP) is 5.32. The molecule has 0 fully saturated rings. The van der Waals surface area contributed by atoms with E-state index in [1.807, 2.05) is 0 Å². The summed E-state index contributed by atoms with van der Waals surface area (Å²) in [5, 5.41) is 8.65. The largest absolute Gasteiger partial charge is 0.396 e. The van der Waals surface area contributed by atoms with Crippen LogP contribution in [0.3, 0.4) is 0 Å². The number of aliphatic hydroxyl groups excluding tert-OH is 1. The lowest BCUT2D eigenvalue weighted by Crippen LogP contribution is -2.03. The summed E-state index contributed by atoms with van der Waals surface area (Å²) in [6.45, 7) is 7.37. The maximum Gasteiger partial charge on any atom is 0.0431 e. The van der Waals surface area contributed by atoms with Crippen LogP contribution in [0, 0.1) is 5.41 Å². The molecule has 0 saturated carbocycles. The Bertz CT molecular complexity index is 146. The Morgan fingerprint density at radius 3 is 1.29 bits per heavy atom. The van der Waals surface area contributed by atoms with Crippen LogP contribution in [-0.2, 0) is 0 Å². The normalized spacial score (nSPS) is 12.0. The van der Waals surface area contributed by atoms with Crippen LogP contribution in [0.15, 0.2) is 0 Å². The molecular formula is C16H34O. The predicted molar refractivity (Wildman–Crippen MR) is 77.3 cm³/mol. The number of unbranched alkanes of at least 4 members (excludes halogenated alkanes) is 9. The quantitative estimate of drug-likeness (QED) is 0.486. The summed E-state index contributed by atoms with van der Waals surface area (Å²) in [6, 6.07) is 0. The molecule has 17 heavy (non-hydrogen) atoms. The molecule has 0 bridgehead atoms. The standard InChI is InChI=1S/C16H34O/c1-16(2,3)14-12-10-8-6-4-5-7-9-11-13-15-17/h17H,4-15H2,1-3H3. The molecule has 0 heterocycles. The molecule has 0 aromatic rings. The summed E-state index contributed by atoms with van der Waals surface area (Å²) in [6.07, 6.45) is 14.7. The fourth-order valence-electron chi connectivity index (χ4n) is 2.18. The highest BCUT2D eigenvalue weighted by Crippen LogP contribution is 2.22. The lowest BCUT2D eigenvalue weighted by atomic mass is 9.89. The molecule has 0 spiro atoms. The maximum absolute atomic E-state index is 8.65. The Hall–Kier alpha value is -0.0400. The third-order valence-corrected chi connectivity index (χ3v) is 3.33. The van der Waals surface area contributed by atoms with E-state index in [4.69, 9.17) is 5.11 Å². The van der Waals surface area contributed by atoms with E-state index in [1.54, 1.807) is 0 Å². The van der Waals surface area contributed by atoms with Crippen molar-refractivity contribution >= 4 is 0 Å². The number of aliphatic hydroxyl groups is 1. The summed E-state index contributed by atoms with van der Waals surface area (Å²) >= 11 is 0. The highest BCUT2D eigenvalue weighted by Gasteiger charge is 2.08. The van der Waals surface area contributed by atoms with Crippen LogP contribution in [0.25, 0.3) is 0 Å². The molecule has 104 valence electrons. The van der Waals surface area contributed by atoms with Crippen molar-refractivity contribution in [2.75, 3.05) is 6.61 Å². The summed E-state index contributed by atoms with van der Waals surface area (Å²) in [4.78, 5) is 0. The van der Waals surface area contributed by atoms with E-state index in [0.717, 1.165) is 6.42 Å². The molecule has 0 aromatic heterocycles. The molecule has 0 aliphatic heterocycles. The molecular weight excluding hydrogens is 208 g/mol. The molecule has 0 aromatic carbocycles. The summed E-state index contributed by atoms with van der Waals surface area (Å²) in [5.74, 6) is 0. The first-order valence-electron chi connectivity index (χ1n) is 7.67. The average Bonchev–Trinajstić information content (AvgIpc) is 2.24. The van der Waals surface area contributed by atoms with Crippen LogP contribution < -0.4 is 0 Å². The van der Waals surface area contributed by atoms with Gasteiger partial charge in [-0.05, 0) is 18.3 Å². The Kier molecular flexibility index (Phi) is 11.0. The van der Waals surface area contributed by atoms with E-state index < -0.39 is 0 Å². The van der Waals surface area contributed by atoms with Crippen molar-refractivity contribution in [3.63, 3.8) is 0 Å². The summed E-state index contributed by atoms with van der Waals surface area (Å²) in [7, 11) is 0. The Labute approximate surface area is 109 Å². The van der Waals surface area contributed by atoms with Crippen LogP contribution in [0.4, 0.5) is 0 Å². The Morgan fingerprint density at radius 1 is 0.588 bits per heavy atom. The van der Waals surface area contributed by atoms with Gasteiger partial charge in [0.25, 0.3) is 0 Å². The Balaban J connectivity index is 2.99. The van der Waals surface area contributed by atoms with Gasteiger partial charge < -0.3 is 5.11 Å². The fraction of sp³-hybridized carbons (Fsp3) is 1.00. The van der Waals surface area contributed by atoms with Crippen LogP contribution in [-0.4, -0.2) is 11.7 Å². The van der Waals surface area contributed by atoms with Crippen molar-refractivity contribution < 1.29 is 5.11 Å². The molecule has 0 saturated heterocycles. The first-order chi connectivity index (χ1) is 8.06. The minimum atomic E-state index is 0.369. The van der Waals surface area contributed by atoms with Gasteiger partial charge in [0, 0.05) is 6.61 Å². The molecule has 1 nitrogen and oxygen atoms in total. The van der Waals surface area contributed by atoms with Crippen molar-refractivity contribution in [1.29, 1.82) is 0 Å². The zero-order chi connectivity index (χ0) is 13.0. The topological polar surface area (TPSA) is 20.2 Å². The highest BCUT2D eigenvalue weighted by molar-refractivity contribution is 4.61. The lowest BCUT2D eigenvalue weighted by Gasteiger charge is -2.17. The van der Waals surface area contributed by atoms with Gasteiger partial charge >= 0.3 is 0 Å². The van der Waals surface area contributed by atoms with Crippen molar-refractivity contribution in [1.82, 2.24) is 0 Å². The van der Waals surface area contributed by atoms with Gasteiger partial charge in [0.05, 0.1) is 0 Å². The fourth-order valence-corrected chi connectivity index (χ4v) is 2.18. The molecule has 0 aliphatic rings. The highest BCUT2D eigenvalue weighted by atomic mass is 16.2. The second kappa shape index (κ2) is 11.1.